The van der Waals surface area contributed by atoms with Crippen LogP contribution in [0.25, 0.3) is 0 Å². The van der Waals surface area contributed by atoms with E-state index in [9.17, 15) is 0 Å². The van der Waals surface area contributed by atoms with E-state index in [1.54, 1.807) is 11.8 Å². The van der Waals surface area contributed by atoms with E-state index in [0.29, 0.717) is 6.04 Å². The second-order valence-electron chi connectivity index (χ2n) is 2.14. The summed E-state index contributed by atoms with van der Waals surface area (Å²) in [5.74, 6) is 0. The topological polar surface area (TPSA) is 35.8 Å². The summed E-state index contributed by atoms with van der Waals surface area (Å²) in [5.41, 5.74) is 0. The molecule has 0 radical (unpaired) electrons. The predicted octanol–water partition coefficient (Wildman–Crippen LogP) is 1.71. The largest absolute Gasteiger partial charge is 0.377 e. The Hall–Kier alpha value is -0.620. The lowest BCUT2D eigenvalue weighted by atomic mass is 10.4. The molecular weight excluding hydrogens is 144 g/mol. The Morgan fingerprint density at radius 1 is 1.70 bits per heavy atom. The van der Waals surface area contributed by atoms with Crippen LogP contribution in [-0.2, 0) is 0 Å². The summed E-state index contributed by atoms with van der Waals surface area (Å²) in [6.07, 6.45) is 3.46. The lowest BCUT2D eigenvalue weighted by molar-refractivity contribution is 0.695. The smallest absolute Gasteiger partial charge is 0.0939 e. The highest BCUT2D eigenvalue weighted by atomic mass is 32.2. The fourth-order valence-corrected chi connectivity index (χ4v) is 1.03. The number of nitrogens with zero attached hydrogens (tertiary/aromatic N) is 1. The fourth-order valence-electron chi connectivity index (χ4n) is 0.503. The van der Waals surface area contributed by atoms with Gasteiger partial charge in [0.25, 0.3) is 0 Å². The standard InChI is InChI=1S/C7H12N2S/c1-6(2)9-7(10-3)4-5-8/h4,6,9H,1-3H3. The SMILES string of the molecule is CSC(=CC#N)NC(C)C. The average Bonchev–Trinajstić information content (AvgIpc) is 1.86. The zero-order valence-corrected chi connectivity index (χ0v) is 7.33. The van der Waals surface area contributed by atoms with Crippen molar-refractivity contribution in [3.05, 3.63) is 11.1 Å². The molecule has 0 heterocycles. The van der Waals surface area contributed by atoms with E-state index in [2.05, 4.69) is 5.32 Å². The molecule has 0 aromatic rings. The first kappa shape index (κ1) is 9.38. The molecule has 3 heteroatoms. The van der Waals surface area contributed by atoms with E-state index in [1.165, 1.54) is 6.08 Å². The molecule has 0 aliphatic heterocycles. The van der Waals surface area contributed by atoms with Crippen molar-refractivity contribution in [1.82, 2.24) is 5.32 Å². The van der Waals surface area contributed by atoms with Crippen LogP contribution in [0.1, 0.15) is 13.8 Å². The van der Waals surface area contributed by atoms with Crippen molar-refractivity contribution in [2.24, 2.45) is 0 Å². The number of nitrogens with one attached hydrogen (secondary N) is 1. The Bertz CT molecular complexity index is 155. The molecular formula is C7H12N2S. The average molecular weight is 156 g/mol. The molecule has 0 atom stereocenters. The maximum absolute atomic E-state index is 8.30. The Balaban J connectivity index is 3.86. The van der Waals surface area contributed by atoms with Crippen molar-refractivity contribution >= 4 is 11.8 Å². The third-order valence-electron chi connectivity index (χ3n) is 0.846. The Morgan fingerprint density at radius 2 is 2.30 bits per heavy atom. The Kier molecular flexibility index (Phi) is 4.87. The zero-order chi connectivity index (χ0) is 7.98. The summed E-state index contributed by atoms with van der Waals surface area (Å²) in [7, 11) is 0. The molecule has 0 amide bonds. The van der Waals surface area contributed by atoms with E-state index >= 15 is 0 Å². The minimum absolute atomic E-state index is 0.395. The summed E-state index contributed by atoms with van der Waals surface area (Å²) in [6, 6.07) is 2.37. The molecule has 56 valence electrons. The van der Waals surface area contributed by atoms with Crippen molar-refractivity contribution in [3.8, 4) is 6.07 Å². The van der Waals surface area contributed by atoms with Gasteiger partial charge in [-0.1, -0.05) is 0 Å². The van der Waals surface area contributed by atoms with Gasteiger partial charge < -0.3 is 5.32 Å². The van der Waals surface area contributed by atoms with Gasteiger partial charge in [-0.3, -0.25) is 0 Å². The quantitative estimate of drug-likeness (QED) is 0.632. The van der Waals surface area contributed by atoms with Gasteiger partial charge in [-0.15, -0.1) is 11.8 Å². The molecule has 10 heavy (non-hydrogen) atoms. The molecule has 2 nitrogen and oxygen atoms in total. The summed E-state index contributed by atoms with van der Waals surface area (Å²) >= 11 is 1.55. The second kappa shape index (κ2) is 5.19. The van der Waals surface area contributed by atoms with E-state index in [0.717, 1.165) is 5.03 Å². The Labute approximate surface area is 66.3 Å². The third kappa shape index (κ3) is 4.28. The van der Waals surface area contributed by atoms with Gasteiger partial charge in [-0.05, 0) is 20.1 Å². The number of thioether (sulfide) groups is 1. The first-order valence-corrected chi connectivity index (χ1v) is 4.33. The molecule has 0 saturated heterocycles. The van der Waals surface area contributed by atoms with Crippen LogP contribution >= 0.6 is 11.8 Å². The van der Waals surface area contributed by atoms with E-state index in [4.69, 9.17) is 5.26 Å². The minimum Gasteiger partial charge on any atom is -0.377 e. The van der Waals surface area contributed by atoms with E-state index < -0.39 is 0 Å². The fraction of sp³-hybridized carbons (Fsp3) is 0.571. The first-order valence-electron chi connectivity index (χ1n) is 3.11. The van der Waals surface area contributed by atoms with E-state index in [1.807, 2.05) is 26.2 Å². The first-order chi connectivity index (χ1) is 4.70. The minimum atomic E-state index is 0.395. The number of allylic oxidation sites excluding steroid dienone is 1. The van der Waals surface area contributed by atoms with Crippen molar-refractivity contribution < 1.29 is 0 Å². The van der Waals surface area contributed by atoms with Crippen molar-refractivity contribution in [2.45, 2.75) is 19.9 Å². The molecule has 0 unspecified atom stereocenters. The van der Waals surface area contributed by atoms with Crippen molar-refractivity contribution in [2.75, 3.05) is 6.26 Å². The number of rotatable bonds is 3. The number of hydrogen-bond acceptors (Lipinski definition) is 3. The maximum Gasteiger partial charge on any atom is 0.0939 e. The predicted molar refractivity (Wildman–Crippen MR) is 45.5 cm³/mol. The van der Waals surface area contributed by atoms with Gasteiger partial charge >= 0.3 is 0 Å². The number of nitriles is 1. The highest BCUT2D eigenvalue weighted by molar-refractivity contribution is 8.02. The molecule has 0 spiro atoms. The number of hydrogen-bond donors (Lipinski definition) is 1. The molecule has 0 aliphatic rings. The zero-order valence-electron chi connectivity index (χ0n) is 6.51. The highest BCUT2D eigenvalue weighted by Crippen LogP contribution is 2.06. The van der Waals surface area contributed by atoms with Crippen LogP contribution in [0.2, 0.25) is 0 Å². The van der Waals surface area contributed by atoms with Crippen molar-refractivity contribution in [1.29, 1.82) is 5.26 Å². The normalized spacial score (nSPS) is 11.3. The molecule has 0 aliphatic carbocycles. The van der Waals surface area contributed by atoms with Crippen LogP contribution in [0.15, 0.2) is 11.1 Å². The van der Waals surface area contributed by atoms with Gasteiger partial charge in [0.15, 0.2) is 0 Å². The van der Waals surface area contributed by atoms with Gasteiger partial charge in [-0.2, -0.15) is 5.26 Å². The summed E-state index contributed by atoms with van der Waals surface area (Å²) in [5, 5.41) is 12.4. The second-order valence-corrected chi connectivity index (χ2v) is 2.99. The lowest BCUT2D eigenvalue weighted by Crippen LogP contribution is -2.19. The van der Waals surface area contributed by atoms with Gasteiger partial charge in [0.2, 0.25) is 0 Å². The van der Waals surface area contributed by atoms with Crippen LogP contribution in [0.3, 0.4) is 0 Å². The van der Waals surface area contributed by atoms with Crippen LogP contribution in [0, 0.1) is 11.3 Å². The monoisotopic (exact) mass is 156 g/mol. The third-order valence-corrected chi connectivity index (χ3v) is 1.52. The molecule has 0 saturated carbocycles. The molecule has 0 aromatic carbocycles. The maximum atomic E-state index is 8.30. The summed E-state index contributed by atoms with van der Waals surface area (Å²) in [6.45, 7) is 4.09. The summed E-state index contributed by atoms with van der Waals surface area (Å²) in [4.78, 5) is 0. The molecule has 1 N–H and O–H groups in total. The van der Waals surface area contributed by atoms with Crippen LogP contribution < -0.4 is 5.32 Å². The highest BCUT2D eigenvalue weighted by Gasteiger charge is 1.94. The van der Waals surface area contributed by atoms with Crippen molar-refractivity contribution in [3.63, 3.8) is 0 Å². The van der Waals surface area contributed by atoms with Crippen LogP contribution in [0.5, 0.6) is 0 Å². The van der Waals surface area contributed by atoms with E-state index in [-0.39, 0.29) is 0 Å². The van der Waals surface area contributed by atoms with Gasteiger partial charge in [0.1, 0.15) is 0 Å². The van der Waals surface area contributed by atoms with Gasteiger partial charge in [0, 0.05) is 12.1 Å². The molecule has 0 fully saturated rings. The Morgan fingerprint density at radius 3 is 2.60 bits per heavy atom. The summed E-state index contributed by atoms with van der Waals surface area (Å²) < 4.78 is 0. The van der Waals surface area contributed by atoms with Gasteiger partial charge in [-0.25, -0.2) is 0 Å². The lowest BCUT2D eigenvalue weighted by Gasteiger charge is -2.09. The van der Waals surface area contributed by atoms with Crippen LogP contribution in [-0.4, -0.2) is 12.3 Å². The molecule has 0 aromatic heterocycles. The molecule has 0 bridgehead atoms. The molecule has 0 rings (SSSR count). The van der Waals surface area contributed by atoms with Gasteiger partial charge in [0.05, 0.1) is 11.1 Å². The van der Waals surface area contributed by atoms with Crippen LogP contribution in [0.4, 0.5) is 0 Å².